The summed E-state index contributed by atoms with van der Waals surface area (Å²) in [5.41, 5.74) is -0.577. The fourth-order valence-corrected chi connectivity index (χ4v) is 1.93. The van der Waals surface area contributed by atoms with Gasteiger partial charge in [-0.15, -0.1) is 12.3 Å². The molecule has 0 saturated carbocycles. The minimum Gasteiger partial charge on any atom is -0.481 e. The third-order valence-corrected chi connectivity index (χ3v) is 2.86. The molecule has 0 aliphatic carbocycles. The van der Waals surface area contributed by atoms with Crippen LogP contribution < -0.4 is 0 Å². The first-order chi connectivity index (χ1) is 6.58. The summed E-state index contributed by atoms with van der Waals surface area (Å²) >= 11 is 0. The van der Waals surface area contributed by atoms with Crippen LogP contribution in [0.3, 0.4) is 0 Å². The van der Waals surface area contributed by atoms with Crippen molar-refractivity contribution in [3.05, 3.63) is 0 Å². The molecule has 1 rings (SSSR count). The molecule has 0 amide bonds. The Bertz CT molecular complexity index is 257. The van der Waals surface area contributed by atoms with Gasteiger partial charge in [-0.1, -0.05) is 0 Å². The summed E-state index contributed by atoms with van der Waals surface area (Å²) in [6.45, 7) is 4.24. The number of likely N-dealkylation sites (tertiary alicyclic amines) is 1. The lowest BCUT2D eigenvalue weighted by molar-refractivity contribution is -0.151. The molecule has 0 spiro atoms. The van der Waals surface area contributed by atoms with E-state index < -0.39 is 11.4 Å². The van der Waals surface area contributed by atoms with Crippen molar-refractivity contribution in [1.29, 1.82) is 0 Å². The highest BCUT2D eigenvalue weighted by atomic mass is 16.4. The normalized spacial score (nSPS) is 28.3. The lowest BCUT2D eigenvalue weighted by Crippen LogP contribution is -2.46. The van der Waals surface area contributed by atoms with Crippen LogP contribution in [0.1, 0.15) is 26.2 Å². The Morgan fingerprint density at radius 2 is 2.43 bits per heavy atom. The molecule has 1 saturated heterocycles. The number of nitrogens with zero attached hydrogens (tertiary/aromatic N) is 1. The van der Waals surface area contributed by atoms with Gasteiger partial charge in [0, 0.05) is 19.5 Å². The van der Waals surface area contributed by atoms with E-state index >= 15 is 0 Å². The summed E-state index contributed by atoms with van der Waals surface area (Å²) in [5, 5.41) is 9.07. The van der Waals surface area contributed by atoms with E-state index in [-0.39, 0.29) is 0 Å². The number of carboxylic acid groups (broad SMARTS) is 1. The van der Waals surface area contributed by atoms with Crippen LogP contribution in [0.5, 0.6) is 0 Å². The van der Waals surface area contributed by atoms with Gasteiger partial charge < -0.3 is 10.0 Å². The van der Waals surface area contributed by atoms with Gasteiger partial charge in [-0.3, -0.25) is 4.79 Å². The van der Waals surface area contributed by atoms with Gasteiger partial charge in [-0.2, -0.15) is 0 Å². The maximum absolute atomic E-state index is 11.0. The second kappa shape index (κ2) is 4.47. The Morgan fingerprint density at radius 3 is 3.00 bits per heavy atom. The quantitative estimate of drug-likeness (QED) is 0.688. The molecule has 3 nitrogen and oxygen atoms in total. The monoisotopic (exact) mass is 195 g/mol. The van der Waals surface area contributed by atoms with Gasteiger partial charge in [0.2, 0.25) is 0 Å². The Labute approximate surface area is 85.1 Å². The largest absolute Gasteiger partial charge is 0.481 e. The smallest absolute Gasteiger partial charge is 0.310 e. The lowest BCUT2D eigenvalue weighted by atomic mass is 9.82. The van der Waals surface area contributed by atoms with Gasteiger partial charge in [-0.05, 0) is 26.3 Å². The molecule has 14 heavy (non-hydrogen) atoms. The van der Waals surface area contributed by atoms with Crippen molar-refractivity contribution in [1.82, 2.24) is 4.90 Å². The van der Waals surface area contributed by atoms with Crippen LogP contribution in [0.15, 0.2) is 0 Å². The predicted octanol–water partition coefficient (Wildman–Crippen LogP) is 1.20. The Morgan fingerprint density at radius 1 is 1.71 bits per heavy atom. The molecule has 1 heterocycles. The third kappa shape index (κ3) is 2.49. The summed E-state index contributed by atoms with van der Waals surface area (Å²) in [6.07, 6.45) is 7.61. The summed E-state index contributed by atoms with van der Waals surface area (Å²) in [4.78, 5) is 13.2. The van der Waals surface area contributed by atoms with Crippen molar-refractivity contribution in [2.45, 2.75) is 26.2 Å². The first-order valence-corrected chi connectivity index (χ1v) is 4.98. The van der Waals surface area contributed by atoms with Crippen molar-refractivity contribution < 1.29 is 9.90 Å². The maximum Gasteiger partial charge on any atom is 0.310 e. The number of rotatable bonds is 3. The first-order valence-electron chi connectivity index (χ1n) is 4.98. The topological polar surface area (TPSA) is 40.5 Å². The van der Waals surface area contributed by atoms with E-state index in [0.29, 0.717) is 13.0 Å². The number of hydrogen-bond donors (Lipinski definition) is 1. The van der Waals surface area contributed by atoms with Crippen molar-refractivity contribution in [2.24, 2.45) is 5.41 Å². The second-order valence-electron chi connectivity index (χ2n) is 4.20. The van der Waals surface area contributed by atoms with Crippen LogP contribution in [-0.2, 0) is 4.79 Å². The minimum atomic E-state index is -0.692. The molecular formula is C11H17NO2. The Balaban J connectivity index is 2.52. The average Bonchev–Trinajstić information content (AvgIpc) is 2.15. The number of hydrogen-bond acceptors (Lipinski definition) is 2. The number of carboxylic acids is 1. The fraction of sp³-hybridized carbons (Fsp3) is 0.727. The van der Waals surface area contributed by atoms with Crippen LogP contribution in [0.25, 0.3) is 0 Å². The molecule has 0 bridgehead atoms. The summed E-state index contributed by atoms with van der Waals surface area (Å²) in [5.74, 6) is 1.89. The predicted molar refractivity (Wildman–Crippen MR) is 54.9 cm³/mol. The van der Waals surface area contributed by atoms with Gasteiger partial charge >= 0.3 is 5.97 Å². The number of piperidine rings is 1. The Kier molecular flexibility index (Phi) is 3.54. The van der Waals surface area contributed by atoms with E-state index in [1.54, 1.807) is 0 Å². The number of aliphatic carboxylic acids is 1. The van der Waals surface area contributed by atoms with E-state index in [0.717, 1.165) is 25.9 Å². The zero-order valence-electron chi connectivity index (χ0n) is 8.62. The maximum atomic E-state index is 11.0. The lowest BCUT2D eigenvalue weighted by Gasteiger charge is -2.37. The van der Waals surface area contributed by atoms with E-state index in [4.69, 9.17) is 11.5 Å². The second-order valence-corrected chi connectivity index (χ2v) is 4.20. The van der Waals surface area contributed by atoms with E-state index in [9.17, 15) is 4.79 Å². The molecule has 1 aliphatic rings. The molecule has 1 unspecified atom stereocenters. The van der Waals surface area contributed by atoms with Crippen molar-refractivity contribution in [2.75, 3.05) is 19.6 Å². The van der Waals surface area contributed by atoms with Crippen molar-refractivity contribution >= 4 is 5.97 Å². The van der Waals surface area contributed by atoms with Gasteiger partial charge in [0.05, 0.1) is 5.41 Å². The molecule has 1 N–H and O–H groups in total. The SMILES string of the molecule is C#CCCN1CCCC(C)(C(=O)O)C1. The third-order valence-electron chi connectivity index (χ3n) is 2.86. The summed E-state index contributed by atoms with van der Waals surface area (Å²) in [7, 11) is 0. The summed E-state index contributed by atoms with van der Waals surface area (Å²) in [6, 6.07) is 0. The van der Waals surface area contributed by atoms with Gasteiger partial charge in [0.1, 0.15) is 0 Å². The minimum absolute atomic E-state index is 0.577. The van der Waals surface area contributed by atoms with Crippen molar-refractivity contribution in [3.8, 4) is 12.3 Å². The molecule has 3 heteroatoms. The fourth-order valence-electron chi connectivity index (χ4n) is 1.93. The molecular weight excluding hydrogens is 178 g/mol. The zero-order chi connectivity index (χ0) is 10.6. The molecule has 0 aromatic carbocycles. The van der Waals surface area contributed by atoms with Crippen LogP contribution in [0.4, 0.5) is 0 Å². The molecule has 0 aromatic heterocycles. The molecule has 0 aromatic rings. The van der Waals surface area contributed by atoms with Crippen LogP contribution >= 0.6 is 0 Å². The van der Waals surface area contributed by atoms with Gasteiger partial charge in [-0.25, -0.2) is 0 Å². The highest BCUT2D eigenvalue weighted by Crippen LogP contribution is 2.29. The average molecular weight is 195 g/mol. The number of terminal acetylenes is 1. The number of carbonyl (C=O) groups is 1. The summed E-state index contributed by atoms with van der Waals surface area (Å²) < 4.78 is 0. The molecule has 78 valence electrons. The van der Waals surface area contributed by atoms with Crippen LogP contribution in [-0.4, -0.2) is 35.6 Å². The zero-order valence-corrected chi connectivity index (χ0v) is 8.62. The van der Waals surface area contributed by atoms with E-state index in [2.05, 4.69) is 10.8 Å². The van der Waals surface area contributed by atoms with E-state index in [1.165, 1.54) is 0 Å². The highest BCUT2D eigenvalue weighted by molar-refractivity contribution is 5.74. The first kappa shape index (κ1) is 11.1. The van der Waals surface area contributed by atoms with Crippen LogP contribution in [0, 0.1) is 17.8 Å². The Hall–Kier alpha value is -1.01. The van der Waals surface area contributed by atoms with Crippen LogP contribution in [0.2, 0.25) is 0 Å². The van der Waals surface area contributed by atoms with E-state index in [1.807, 2.05) is 6.92 Å². The highest BCUT2D eigenvalue weighted by Gasteiger charge is 2.37. The standard InChI is InChI=1S/C11H17NO2/c1-3-4-7-12-8-5-6-11(2,9-12)10(13)14/h1H,4-9H2,2H3,(H,13,14). The molecule has 1 atom stereocenters. The van der Waals surface area contributed by atoms with Gasteiger partial charge in [0.25, 0.3) is 0 Å². The molecule has 1 aliphatic heterocycles. The van der Waals surface area contributed by atoms with Gasteiger partial charge in [0.15, 0.2) is 0 Å². The molecule has 1 fully saturated rings. The molecule has 0 radical (unpaired) electrons. The van der Waals surface area contributed by atoms with Crippen molar-refractivity contribution in [3.63, 3.8) is 0 Å².